The van der Waals surface area contributed by atoms with Crippen LogP contribution in [-0.4, -0.2) is 21.3 Å². The Kier molecular flexibility index (Phi) is 1.92. The van der Waals surface area contributed by atoms with Crippen LogP contribution in [0, 0.1) is 0 Å². The van der Waals surface area contributed by atoms with Crippen LogP contribution in [0.3, 0.4) is 0 Å². The highest BCUT2D eigenvalue weighted by molar-refractivity contribution is 5.88. The van der Waals surface area contributed by atoms with E-state index in [0.29, 0.717) is 5.52 Å². The zero-order valence-electron chi connectivity index (χ0n) is 7.37. The summed E-state index contributed by atoms with van der Waals surface area (Å²) in [5, 5.41) is 14.1. The van der Waals surface area contributed by atoms with Gasteiger partial charge in [-0.25, -0.2) is 4.79 Å². The fourth-order valence-corrected chi connectivity index (χ4v) is 1.31. The molecule has 2 N–H and O–H groups in total. The SMILES string of the molecule is O=C(O)C(F)(F)c1[nH]nc2ccccc12. The van der Waals surface area contributed by atoms with E-state index in [1.165, 1.54) is 12.1 Å². The number of rotatable bonds is 2. The van der Waals surface area contributed by atoms with Crippen molar-refractivity contribution in [2.75, 3.05) is 0 Å². The summed E-state index contributed by atoms with van der Waals surface area (Å²) in [5.74, 6) is -6.15. The van der Waals surface area contributed by atoms with E-state index < -0.39 is 17.6 Å². The van der Waals surface area contributed by atoms with E-state index in [1.54, 1.807) is 12.1 Å². The third kappa shape index (κ3) is 1.34. The standard InChI is InChI=1S/C9H6F2N2O2/c10-9(11,8(14)15)7-5-3-1-2-4-6(5)12-13-7/h1-4H,(H,12,13)(H,14,15). The zero-order chi connectivity index (χ0) is 11.1. The third-order valence-corrected chi connectivity index (χ3v) is 2.04. The van der Waals surface area contributed by atoms with Crippen LogP contribution in [0.5, 0.6) is 0 Å². The van der Waals surface area contributed by atoms with Crippen molar-refractivity contribution in [2.45, 2.75) is 5.92 Å². The van der Waals surface area contributed by atoms with Crippen LogP contribution >= 0.6 is 0 Å². The Bertz CT molecular complexity index is 522. The lowest BCUT2D eigenvalue weighted by Crippen LogP contribution is -2.26. The number of nitrogens with one attached hydrogen (secondary N) is 1. The number of aliphatic carboxylic acids is 1. The molecule has 0 aliphatic carbocycles. The number of hydrogen-bond donors (Lipinski definition) is 2. The molecule has 0 bridgehead atoms. The number of benzene rings is 1. The summed E-state index contributed by atoms with van der Waals surface area (Å²) < 4.78 is 26.3. The molecule has 78 valence electrons. The summed E-state index contributed by atoms with van der Waals surface area (Å²) in [5.41, 5.74) is -0.376. The summed E-state index contributed by atoms with van der Waals surface area (Å²) in [4.78, 5) is 10.4. The second kappa shape index (κ2) is 3.01. The zero-order valence-corrected chi connectivity index (χ0v) is 7.37. The van der Waals surface area contributed by atoms with Gasteiger partial charge in [0.1, 0.15) is 5.69 Å². The van der Waals surface area contributed by atoms with Crippen molar-refractivity contribution in [3.05, 3.63) is 30.0 Å². The molecule has 0 aliphatic rings. The Morgan fingerprint density at radius 1 is 1.40 bits per heavy atom. The molecule has 0 saturated heterocycles. The molecule has 1 aromatic heterocycles. The Labute approximate surface area is 82.5 Å². The smallest absolute Gasteiger partial charge is 0.384 e. The highest BCUT2D eigenvalue weighted by atomic mass is 19.3. The molecule has 0 aliphatic heterocycles. The molecule has 4 nitrogen and oxygen atoms in total. The summed E-state index contributed by atoms with van der Waals surface area (Å²) in [7, 11) is 0. The molecule has 0 fully saturated rings. The first-order valence-electron chi connectivity index (χ1n) is 4.08. The highest BCUT2D eigenvalue weighted by Crippen LogP contribution is 2.31. The number of para-hydroxylation sites is 1. The number of H-pyrrole nitrogens is 1. The molecule has 6 heteroatoms. The van der Waals surface area contributed by atoms with Gasteiger partial charge in [-0.1, -0.05) is 18.2 Å². The number of carboxylic acid groups (broad SMARTS) is 1. The second-order valence-electron chi connectivity index (χ2n) is 3.00. The molecule has 0 spiro atoms. The van der Waals surface area contributed by atoms with Gasteiger partial charge in [0, 0.05) is 5.39 Å². The topological polar surface area (TPSA) is 66.0 Å². The average molecular weight is 212 g/mol. The number of carbonyl (C=O) groups is 1. The van der Waals surface area contributed by atoms with E-state index in [4.69, 9.17) is 5.11 Å². The van der Waals surface area contributed by atoms with Gasteiger partial charge in [-0.15, -0.1) is 0 Å². The number of hydrogen-bond acceptors (Lipinski definition) is 2. The minimum Gasteiger partial charge on any atom is -0.476 e. The van der Waals surface area contributed by atoms with E-state index in [9.17, 15) is 13.6 Å². The fraction of sp³-hybridized carbons (Fsp3) is 0.111. The van der Waals surface area contributed by atoms with Gasteiger partial charge >= 0.3 is 11.9 Å². The minimum atomic E-state index is -3.95. The number of aromatic amines is 1. The van der Waals surface area contributed by atoms with Crippen LogP contribution in [0.2, 0.25) is 0 Å². The monoisotopic (exact) mass is 212 g/mol. The summed E-state index contributed by atoms with van der Waals surface area (Å²) >= 11 is 0. The first kappa shape index (κ1) is 9.57. The minimum absolute atomic E-state index is 0.116. The number of alkyl halides is 2. The number of halogens is 2. The van der Waals surface area contributed by atoms with E-state index in [1.807, 2.05) is 0 Å². The quantitative estimate of drug-likeness (QED) is 0.796. The molecule has 15 heavy (non-hydrogen) atoms. The number of nitrogens with zero attached hydrogens (tertiary/aromatic N) is 1. The van der Waals surface area contributed by atoms with Gasteiger partial charge in [-0.3, -0.25) is 5.10 Å². The van der Waals surface area contributed by atoms with Gasteiger partial charge < -0.3 is 5.11 Å². The number of carboxylic acids is 1. The molecular weight excluding hydrogens is 206 g/mol. The lowest BCUT2D eigenvalue weighted by molar-refractivity contribution is -0.166. The predicted molar refractivity (Wildman–Crippen MR) is 47.6 cm³/mol. The number of fused-ring (bicyclic) bond motifs is 1. The predicted octanol–water partition coefficient (Wildman–Crippen LogP) is 1.74. The van der Waals surface area contributed by atoms with Gasteiger partial charge in [-0.05, 0) is 6.07 Å². The Morgan fingerprint density at radius 2 is 2.07 bits per heavy atom. The molecular formula is C9H6F2N2O2. The molecule has 1 aromatic carbocycles. The molecule has 1 heterocycles. The summed E-state index contributed by atoms with van der Waals surface area (Å²) in [6, 6.07) is 6.09. The molecule has 2 aromatic rings. The first-order valence-corrected chi connectivity index (χ1v) is 4.08. The van der Waals surface area contributed by atoms with Crippen molar-refractivity contribution in [3.63, 3.8) is 0 Å². The molecule has 0 saturated carbocycles. The van der Waals surface area contributed by atoms with Gasteiger partial charge in [-0.2, -0.15) is 13.9 Å². The largest absolute Gasteiger partial charge is 0.476 e. The van der Waals surface area contributed by atoms with Crippen molar-refractivity contribution < 1.29 is 18.7 Å². The van der Waals surface area contributed by atoms with Crippen LogP contribution in [0.15, 0.2) is 24.3 Å². The average Bonchev–Trinajstić information content (AvgIpc) is 2.61. The van der Waals surface area contributed by atoms with Crippen molar-refractivity contribution in [3.8, 4) is 0 Å². The maximum atomic E-state index is 13.2. The Morgan fingerprint density at radius 3 is 2.73 bits per heavy atom. The molecule has 2 rings (SSSR count). The molecule has 0 atom stereocenters. The third-order valence-electron chi connectivity index (χ3n) is 2.04. The normalized spacial score (nSPS) is 11.9. The maximum absolute atomic E-state index is 13.2. The molecule has 0 unspecified atom stereocenters. The Balaban J connectivity index is 2.67. The van der Waals surface area contributed by atoms with Crippen LogP contribution in [-0.2, 0) is 10.7 Å². The van der Waals surface area contributed by atoms with Gasteiger partial charge in [0.15, 0.2) is 0 Å². The highest BCUT2D eigenvalue weighted by Gasteiger charge is 2.44. The van der Waals surface area contributed by atoms with Gasteiger partial charge in [0.2, 0.25) is 0 Å². The molecule has 0 radical (unpaired) electrons. The van der Waals surface area contributed by atoms with E-state index >= 15 is 0 Å². The van der Waals surface area contributed by atoms with Crippen molar-refractivity contribution >= 4 is 16.9 Å². The van der Waals surface area contributed by atoms with E-state index in [2.05, 4.69) is 10.2 Å². The lowest BCUT2D eigenvalue weighted by Gasteiger charge is -2.08. The van der Waals surface area contributed by atoms with Crippen LogP contribution in [0.25, 0.3) is 10.9 Å². The van der Waals surface area contributed by atoms with E-state index in [-0.39, 0.29) is 5.39 Å². The van der Waals surface area contributed by atoms with Crippen LogP contribution in [0.4, 0.5) is 8.78 Å². The lowest BCUT2D eigenvalue weighted by atomic mass is 10.1. The summed E-state index contributed by atoms with van der Waals surface area (Å²) in [6.07, 6.45) is 0. The Hall–Kier alpha value is -1.98. The maximum Gasteiger partial charge on any atom is 0.384 e. The number of aromatic nitrogens is 2. The van der Waals surface area contributed by atoms with Crippen molar-refractivity contribution in [1.82, 2.24) is 10.2 Å². The van der Waals surface area contributed by atoms with Crippen LogP contribution < -0.4 is 0 Å². The van der Waals surface area contributed by atoms with Crippen molar-refractivity contribution in [2.24, 2.45) is 0 Å². The summed E-state index contributed by atoms with van der Waals surface area (Å²) in [6.45, 7) is 0. The molecule has 0 amide bonds. The van der Waals surface area contributed by atoms with Crippen LogP contribution in [0.1, 0.15) is 5.69 Å². The van der Waals surface area contributed by atoms with Gasteiger partial charge in [0.05, 0.1) is 5.52 Å². The van der Waals surface area contributed by atoms with E-state index in [0.717, 1.165) is 0 Å². The second-order valence-corrected chi connectivity index (χ2v) is 3.00. The fourth-order valence-electron chi connectivity index (χ4n) is 1.31. The van der Waals surface area contributed by atoms with Gasteiger partial charge in [0.25, 0.3) is 0 Å². The van der Waals surface area contributed by atoms with Crippen molar-refractivity contribution in [1.29, 1.82) is 0 Å². The first-order chi connectivity index (χ1) is 7.03.